The molecule has 1 atom stereocenters. The summed E-state index contributed by atoms with van der Waals surface area (Å²) >= 11 is 0. The molecule has 7 heteroatoms. The number of urea groups is 1. The Labute approximate surface area is 119 Å². The van der Waals surface area contributed by atoms with Gasteiger partial charge < -0.3 is 20.7 Å². The third-order valence-corrected chi connectivity index (χ3v) is 3.10. The van der Waals surface area contributed by atoms with Crippen molar-refractivity contribution in [3.8, 4) is 0 Å². The van der Waals surface area contributed by atoms with Crippen molar-refractivity contribution in [2.75, 3.05) is 31.6 Å². The highest BCUT2D eigenvalue weighted by atomic mass is 16.5. The lowest BCUT2D eigenvalue weighted by atomic mass is 10.3. The molecule has 0 spiro atoms. The summed E-state index contributed by atoms with van der Waals surface area (Å²) in [4.78, 5) is 11.8. The second kappa shape index (κ2) is 7.25. The number of carbonyl (C=O) groups is 1. The molecule has 0 bridgehead atoms. The van der Waals surface area contributed by atoms with Gasteiger partial charge in [-0.3, -0.25) is 4.68 Å². The van der Waals surface area contributed by atoms with Crippen LogP contribution < -0.4 is 16.0 Å². The Bertz CT molecular complexity index is 424. The van der Waals surface area contributed by atoms with Crippen LogP contribution in [0.5, 0.6) is 0 Å². The maximum Gasteiger partial charge on any atom is 0.319 e. The van der Waals surface area contributed by atoms with Crippen LogP contribution in [0.2, 0.25) is 0 Å². The van der Waals surface area contributed by atoms with E-state index in [0.717, 1.165) is 26.1 Å². The monoisotopic (exact) mass is 281 g/mol. The zero-order valence-electron chi connectivity index (χ0n) is 12.1. The number of aromatic nitrogens is 2. The Hall–Kier alpha value is -1.60. The highest BCUT2D eigenvalue weighted by molar-refractivity contribution is 5.88. The Morgan fingerprint density at radius 3 is 3.25 bits per heavy atom. The van der Waals surface area contributed by atoms with Gasteiger partial charge in [0, 0.05) is 31.9 Å². The molecule has 1 unspecified atom stereocenters. The molecule has 2 rings (SSSR count). The minimum atomic E-state index is -0.235. The number of nitrogens with one attached hydrogen (secondary N) is 3. The zero-order valence-corrected chi connectivity index (χ0v) is 12.1. The highest BCUT2D eigenvalue weighted by Gasteiger charge is 2.13. The van der Waals surface area contributed by atoms with Crippen LogP contribution in [0.25, 0.3) is 0 Å². The number of carbonyl (C=O) groups excluding carboxylic acids is 1. The van der Waals surface area contributed by atoms with E-state index in [9.17, 15) is 4.79 Å². The predicted molar refractivity (Wildman–Crippen MR) is 76.9 cm³/mol. The predicted octanol–water partition coefficient (Wildman–Crippen LogP) is 0.964. The molecule has 1 saturated heterocycles. The summed E-state index contributed by atoms with van der Waals surface area (Å²) in [6.45, 7) is 7.04. The number of nitrogens with zero attached hydrogens (tertiary/aromatic N) is 2. The highest BCUT2D eigenvalue weighted by Crippen LogP contribution is 2.09. The van der Waals surface area contributed by atoms with Gasteiger partial charge in [0.05, 0.1) is 18.0 Å². The first kappa shape index (κ1) is 14.8. The Balaban J connectivity index is 1.74. The molecule has 0 aliphatic carbocycles. The molecule has 2 heterocycles. The maximum atomic E-state index is 11.8. The standard InChI is InChI=1S/C13H23N5O2/c1-10(2)18-9-11(6-16-18)17-13(19)15-8-12-7-14-4-3-5-20-12/h6,9-10,12,14H,3-5,7-8H2,1-2H3,(H2,15,17,19). The summed E-state index contributed by atoms with van der Waals surface area (Å²) < 4.78 is 7.42. The summed E-state index contributed by atoms with van der Waals surface area (Å²) in [5.74, 6) is 0. The number of hydrogen-bond donors (Lipinski definition) is 3. The van der Waals surface area contributed by atoms with Crippen LogP contribution in [0.4, 0.5) is 10.5 Å². The number of amides is 2. The average Bonchev–Trinajstić information content (AvgIpc) is 2.72. The van der Waals surface area contributed by atoms with Gasteiger partial charge in [0.1, 0.15) is 0 Å². The van der Waals surface area contributed by atoms with Gasteiger partial charge in [0.25, 0.3) is 0 Å². The lowest BCUT2D eigenvalue weighted by molar-refractivity contribution is 0.0689. The number of hydrogen-bond acceptors (Lipinski definition) is 4. The van der Waals surface area contributed by atoms with Crippen molar-refractivity contribution in [3.63, 3.8) is 0 Å². The fourth-order valence-corrected chi connectivity index (χ4v) is 1.97. The molecule has 1 fully saturated rings. The molecular formula is C13H23N5O2. The van der Waals surface area contributed by atoms with Gasteiger partial charge in [0.2, 0.25) is 0 Å². The molecule has 1 aromatic heterocycles. The van der Waals surface area contributed by atoms with E-state index in [0.29, 0.717) is 12.2 Å². The number of anilines is 1. The summed E-state index contributed by atoms with van der Waals surface area (Å²) in [5, 5.41) is 13.0. The van der Waals surface area contributed by atoms with Crippen LogP contribution in [0.15, 0.2) is 12.4 Å². The molecule has 0 saturated carbocycles. The van der Waals surface area contributed by atoms with E-state index in [2.05, 4.69) is 21.0 Å². The van der Waals surface area contributed by atoms with Crippen LogP contribution in [-0.4, -0.2) is 48.2 Å². The lowest BCUT2D eigenvalue weighted by Gasteiger charge is -2.15. The quantitative estimate of drug-likeness (QED) is 0.768. The fourth-order valence-electron chi connectivity index (χ4n) is 1.97. The van der Waals surface area contributed by atoms with Gasteiger partial charge >= 0.3 is 6.03 Å². The largest absolute Gasteiger partial charge is 0.375 e. The van der Waals surface area contributed by atoms with E-state index in [1.54, 1.807) is 10.9 Å². The second-order valence-corrected chi connectivity index (χ2v) is 5.19. The Morgan fingerprint density at radius 1 is 1.65 bits per heavy atom. The first-order chi connectivity index (χ1) is 9.65. The smallest absolute Gasteiger partial charge is 0.319 e. The van der Waals surface area contributed by atoms with Crippen LogP contribution in [-0.2, 0) is 4.74 Å². The molecule has 7 nitrogen and oxygen atoms in total. The van der Waals surface area contributed by atoms with Crippen LogP contribution in [0.3, 0.4) is 0 Å². The molecule has 0 aromatic carbocycles. The average molecular weight is 281 g/mol. The van der Waals surface area contributed by atoms with E-state index in [-0.39, 0.29) is 18.2 Å². The van der Waals surface area contributed by atoms with Crippen molar-refractivity contribution in [2.24, 2.45) is 0 Å². The van der Waals surface area contributed by atoms with Crippen molar-refractivity contribution in [3.05, 3.63) is 12.4 Å². The topological polar surface area (TPSA) is 80.2 Å². The third-order valence-electron chi connectivity index (χ3n) is 3.10. The lowest BCUT2D eigenvalue weighted by Crippen LogP contribution is -2.40. The normalized spacial score (nSPS) is 19.6. The van der Waals surface area contributed by atoms with Crippen molar-refractivity contribution >= 4 is 11.7 Å². The SMILES string of the molecule is CC(C)n1cc(NC(=O)NCC2CNCCCO2)cn1. The van der Waals surface area contributed by atoms with Gasteiger partial charge in [-0.2, -0.15) is 5.10 Å². The minimum Gasteiger partial charge on any atom is -0.375 e. The second-order valence-electron chi connectivity index (χ2n) is 5.19. The molecular weight excluding hydrogens is 258 g/mol. The maximum absolute atomic E-state index is 11.8. The molecule has 20 heavy (non-hydrogen) atoms. The molecule has 3 N–H and O–H groups in total. The number of rotatable bonds is 4. The zero-order chi connectivity index (χ0) is 14.4. The van der Waals surface area contributed by atoms with Crippen molar-refractivity contribution in [2.45, 2.75) is 32.4 Å². The van der Waals surface area contributed by atoms with Crippen LogP contribution in [0, 0.1) is 0 Å². The summed E-state index contributed by atoms with van der Waals surface area (Å²) in [7, 11) is 0. The van der Waals surface area contributed by atoms with Crippen molar-refractivity contribution in [1.29, 1.82) is 0 Å². The molecule has 1 aliphatic rings. The van der Waals surface area contributed by atoms with Gasteiger partial charge in [-0.15, -0.1) is 0 Å². The van der Waals surface area contributed by atoms with E-state index in [1.807, 2.05) is 20.0 Å². The summed E-state index contributed by atoms with van der Waals surface area (Å²) in [6, 6.07) is 0.0419. The van der Waals surface area contributed by atoms with Crippen LogP contribution >= 0.6 is 0 Å². The molecule has 112 valence electrons. The summed E-state index contributed by atoms with van der Waals surface area (Å²) in [6.07, 6.45) is 4.50. The number of ether oxygens (including phenoxy) is 1. The van der Waals surface area contributed by atoms with E-state index < -0.39 is 0 Å². The Kier molecular flexibility index (Phi) is 5.37. The van der Waals surface area contributed by atoms with Gasteiger partial charge in [-0.05, 0) is 26.8 Å². The first-order valence-corrected chi connectivity index (χ1v) is 7.06. The molecule has 2 amide bonds. The van der Waals surface area contributed by atoms with E-state index in [1.165, 1.54) is 0 Å². The van der Waals surface area contributed by atoms with Gasteiger partial charge in [-0.25, -0.2) is 4.79 Å². The molecule has 1 aromatic rings. The van der Waals surface area contributed by atoms with Gasteiger partial charge in [-0.1, -0.05) is 0 Å². The minimum absolute atomic E-state index is 0.0293. The van der Waals surface area contributed by atoms with Crippen LogP contribution in [0.1, 0.15) is 26.3 Å². The van der Waals surface area contributed by atoms with Gasteiger partial charge in [0.15, 0.2) is 0 Å². The van der Waals surface area contributed by atoms with Crippen molar-refractivity contribution < 1.29 is 9.53 Å². The molecule has 0 radical (unpaired) electrons. The fraction of sp³-hybridized carbons (Fsp3) is 0.692. The van der Waals surface area contributed by atoms with Crippen molar-refractivity contribution in [1.82, 2.24) is 20.4 Å². The van der Waals surface area contributed by atoms with E-state index >= 15 is 0 Å². The molecule has 1 aliphatic heterocycles. The summed E-state index contributed by atoms with van der Waals surface area (Å²) in [5.41, 5.74) is 0.691. The Morgan fingerprint density at radius 2 is 2.50 bits per heavy atom. The first-order valence-electron chi connectivity index (χ1n) is 7.06. The third kappa shape index (κ3) is 4.50. The van der Waals surface area contributed by atoms with E-state index in [4.69, 9.17) is 4.74 Å².